The van der Waals surface area contributed by atoms with Crippen molar-refractivity contribution in [3.63, 3.8) is 0 Å². The van der Waals surface area contributed by atoms with Crippen LogP contribution >= 0.6 is 0 Å². The number of rotatable bonds is 5. The third-order valence-electron chi connectivity index (χ3n) is 3.78. The van der Waals surface area contributed by atoms with Crippen LogP contribution in [0, 0.1) is 5.92 Å². The molecule has 20 heavy (non-hydrogen) atoms. The fourth-order valence-corrected chi connectivity index (χ4v) is 2.60. The van der Waals surface area contributed by atoms with Crippen LogP contribution in [0.2, 0.25) is 0 Å². The molecule has 2 rings (SSSR count). The minimum atomic E-state index is -0.184. The van der Waals surface area contributed by atoms with Crippen molar-refractivity contribution in [3.8, 4) is 0 Å². The highest BCUT2D eigenvalue weighted by Crippen LogP contribution is 2.25. The van der Waals surface area contributed by atoms with E-state index in [2.05, 4.69) is 17.6 Å². The van der Waals surface area contributed by atoms with E-state index < -0.39 is 0 Å². The Bertz CT molecular complexity index is 408. The number of anilines is 1. The first-order valence-electron chi connectivity index (χ1n) is 7.47. The van der Waals surface area contributed by atoms with Gasteiger partial charge >= 0.3 is 6.03 Å². The van der Waals surface area contributed by atoms with Gasteiger partial charge in [0, 0.05) is 12.2 Å². The first kappa shape index (κ1) is 14.9. The molecule has 0 radical (unpaired) electrons. The van der Waals surface area contributed by atoms with Gasteiger partial charge in [0.25, 0.3) is 0 Å². The van der Waals surface area contributed by atoms with Crippen molar-refractivity contribution in [2.24, 2.45) is 5.92 Å². The van der Waals surface area contributed by atoms with Crippen LogP contribution in [0.1, 0.15) is 32.6 Å². The average Bonchev–Trinajstić information content (AvgIpc) is 2.46. The molecule has 4 heteroatoms. The van der Waals surface area contributed by atoms with Gasteiger partial charge in [-0.1, -0.05) is 38.0 Å². The molecule has 2 atom stereocenters. The fourth-order valence-electron chi connectivity index (χ4n) is 2.60. The second kappa shape index (κ2) is 7.90. The maximum absolute atomic E-state index is 11.7. The van der Waals surface area contributed by atoms with E-state index in [1.165, 1.54) is 19.3 Å². The summed E-state index contributed by atoms with van der Waals surface area (Å²) in [4.78, 5) is 11.7. The van der Waals surface area contributed by atoms with Crippen LogP contribution in [0.25, 0.3) is 0 Å². The Balaban J connectivity index is 1.60. The van der Waals surface area contributed by atoms with Gasteiger partial charge in [-0.15, -0.1) is 0 Å². The number of amides is 2. The molecule has 1 fully saturated rings. The summed E-state index contributed by atoms with van der Waals surface area (Å²) in [5, 5.41) is 5.59. The van der Waals surface area contributed by atoms with Crippen LogP contribution in [-0.4, -0.2) is 25.3 Å². The Hall–Kier alpha value is -1.55. The van der Waals surface area contributed by atoms with Crippen LogP contribution in [0.3, 0.4) is 0 Å². The summed E-state index contributed by atoms with van der Waals surface area (Å²) in [6.45, 7) is 3.37. The van der Waals surface area contributed by atoms with Gasteiger partial charge in [-0.2, -0.15) is 0 Å². The number of carbonyl (C=O) groups is 1. The van der Waals surface area contributed by atoms with Crippen molar-refractivity contribution in [2.75, 3.05) is 18.5 Å². The fraction of sp³-hybridized carbons (Fsp3) is 0.562. The number of benzene rings is 1. The highest BCUT2D eigenvalue weighted by atomic mass is 16.5. The zero-order chi connectivity index (χ0) is 14.2. The molecule has 1 aliphatic rings. The largest absolute Gasteiger partial charge is 0.376 e. The third-order valence-corrected chi connectivity index (χ3v) is 3.78. The smallest absolute Gasteiger partial charge is 0.319 e. The Morgan fingerprint density at radius 2 is 2.00 bits per heavy atom. The number of carbonyl (C=O) groups excluding carboxylic acids is 1. The number of para-hydroxylation sites is 1. The van der Waals surface area contributed by atoms with Gasteiger partial charge < -0.3 is 15.4 Å². The minimum Gasteiger partial charge on any atom is -0.376 e. The molecule has 1 aliphatic carbocycles. The van der Waals surface area contributed by atoms with Gasteiger partial charge in [0.05, 0.1) is 12.7 Å². The Kier molecular flexibility index (Phi) is 5.87. The van der Waals surface area contributed by atoms with E-state index in [0.717, 1.165) is 12.1 Å². The summed E-state index contributed by atoms with van der Waals surface area (Å²) in [6, 6.07) is 9.24. The van der Waals surface area contributed by atoms with E-state index in [1.807, 2.05) is 30.3 Å². The summed E-state index contributed by atoms with van der Waals surface area (Å²) in [7, 11) is 0. The van der Waals surface area contributed by atoms with Crippen molar-refractivity contribution < 1.29 is 9.53 Å². The summed E-state index contributed by atoms with van der Waals surface area (Å²) in [6.07, 6.45) is 5.35. The predicted molar refractivity (Wildman–Crippen MR) is 80.8 cm³/mol. The molecular formula is C16H24N2O2. The van der Waals surface area contributed by atoms with Gasteiger partial charge in [0.15, 0.2) is 0 Å². The summed E-state index contributed by atoms with van der Waals surface area (Å²) in [5.74, 6) is 0.641. The van der Waals surface area contributed by atoms with Crippen molar-refractivity contribution in [2.45, 2.75) is 38.7 Å². The summed E-state index contributed by atoms with van der Waals surface area (Å²) in [5.41, 5.74) is 0.798. The molecule has 0 bridgehead atoms. The Morgan fingerprint density at radius 3 is 2.75 bits per heavy atom. The number of ether oxygens (including phenoxy) is 1. The van der Waals surface area contributed by atoms with Crippen molar-refractivity contribution in [1.82, 2.24) is 5.32 Å². The second-order valence-corrected chi connectivity index (χ2v) is 5.42. The Labute approximate surface area is 120 Å². The molecule has 0 heterocycles. The maximum Gasteiger partial charge on any atom is 0.319 e. The number of hydrogen-bond donors (Lipinski definition) is 2. The van der Waals surface area contributed by atoms with Gasteiger partial charge in [-0.25, -0.2) is 4.79 Å². The van der Waals surface area contributed by atoms with Gasteiger partial charge in [-0.05, 0) is 30.9 Å². The van der Waals surface area contributed by atoms with Crippen LogP contribution in [-0.2, 0) is 4.74 Å². The molecule has 0 unspecified atom stereocenters. The molecule has 0 saturated heterocycles. The topological polar surface area (TPSA) is 50.4 Å². The lowest BCUT2D eigenvalue weighted by Gasteiger charge is -2.28. The predicted octanol–water partition coefficient (Wildman–Crippen LogP) is 3.40. The lowest BCUT2D eigenvalue weighted by atomic mass is 9.88. The number of hydrogen-bond acceptors (Lipinski definition) is 2. The van der Waals surface area contributed by atoms with E-state index in [0.29, 0.717) is 25.2 Å². The minimum absolute atomic E-state index is 0.184. The van der Waals surface area contributed by atoms with Crippen LogP contribution in [0.15, 0.2) is 30.3 Å². The van der Waals surface area contributed by atoms with Gasteiger partial charge in [-0.3, -0.25) is 0 Å². The van der Waals surface area contributed by atoms with Gasteiger partial charge in [0.1, 0.15) is 0 Å². The van der Waals surface area contributed by atoms with Crippen LogP contribution in [0.4, 0.5) is 10.5 Å². The van der Waals surface area contributed by atoms with Gasteiger partial charge in [0.2, 0.25) is 0 Å². The number of nitrogens with one attached hydrogen (secondary N) is 2. The first-order valence-corrected chi connectivity index (χ1v) is 7.47. The monoisotopic (exact) mass is 276 g/mol. The summed E-state index contributed by atoms with van der Waals surface area (Å²) < 4.78 is 5.85. The molecule has 1 saturated carbocycles. The second-order valence-electron chi connectivity index (χ2n) is 5.42. The van der Waals surface area contributed by atoms with Crippen molar-refractivity contribution in [3.05, 3.63) is 30.3 Å². The SMILES string of the molecule is C[C@H]1CCCC[C@H]1OCCNC(=O)Nc1ccccc1. The summed E-state index contributed by atoms with van der Waals surface area (Å²) >= 11 is 0. The molecule has 1 aromatic rings. The molecule has 0 aromatic heterocycles. The molecule has 2 amide bonds. The van der Waals surface area contributed by atoms with Crippen LogP contribution in [0.5, 0.6) is 0 Å². The van der Waals surface area contributed by atoms with E-state index in [4.69, 9.17) is 4.74 Å². The zero-order valence-electron chi connectivity index (χ0n) is 12.1. The first-order chi connectivity index (χ1) is 9.75. The van der Waals surface area contributed by atoms with E-state index in [-0.39, 0.29) is 6.03 Å². The zero-order valence-corrected chi connectivity index (χ0v) is 12.1. The lowest BCUT2D eigenvalue weighted by molar-refractivity contribution is -0.00232. The van der Waals surface area contributed by atoms with Crippen LogP contribution < -0.4 is 10.6 Å². The maximum atomic E-state index is 11.7. The number of urea groups is 1. The quantitative estimate of drug-likeness (QED) is 0.810. The van der Waals surface area contributed by atoms with Crippen molar-refractivity contribution in [1.29, 1.82) is 0 Å². The lowest BCUT2D eigenvalue weighted by Crippen LogP contribution is -2.34. The average molecular weight is 276 g/mol. The molecule has 110 valence electrons. The molecule has 0 aliphatic heterocycles. The van der Waals surface area contributed by atoms with E-state index in [9.17, 15) is 4.79 Å². The molecular weight excluding hydrogens is 252 g/mol. The molecule has 2 N–H and O–H groups in total. The normalized spacial score (nSPS) is 22.2. The highest BCUT2D eigenvalue weighted by Gasteiger charge is 2.21. The molecule has 0 spiro atoms. The van der Waals surface area contributed by atoms with Crippen molar-refractivity contribution >= 4 is 11.7 Å². The third kappa shape index (κ3) is 4.85. The molecule has 4 nitrogen and oxygen atoms in total. The Morgan fingerprint density at radius 1 is 1.25 bits per heavy atom. The molecule has 1 aromatic carbocycles. The van der Waals surface area contributed by atoms with E-state index in [1.54, 1.807) is 0 Å². The standard InChI is InChI=1S/C16H24N2O2/c1-13-7-5-6-10-15(13)20-12-11-17-16(19)18-14-8-3-2-4-9-14/h2-4,8-9,13,15H,5-7,10-12H2,1H3,(H2,17,18,19)/t13-,15+/m0/s1. The highest BCUT2D eigenvalue weighted by molar-refractivity contribution is 5.89. The van der Waals surface area contributed by atoms with E-state index >= 15 is 0 Å².